The molecule has 0 radical (unpaired) electrons. The van der Waals surface area contributed by atoms with Gasteiger partial charge in [0.25, 0.3) is 0 Å². The fraction of sp³-hybridized carbons (Fsp3) is 0.591. The number of benzene rings is 1. The zero-order chi connectivity index (χ0) is 16.6. The van der Waals surface area contributed by atoms with Gasteiger partial charge in [0, 0.05) is 5.57 Å². The summed E-state index contributed by atoms with van der Waals surface area (Å²) >= 11 is 0. The number of hydrogen-bond donors (Lipinski definition) is 0. The standard InChI is InChI=1S/C22H29NO/c23-17-19-8-10-20(11-9-19)21-12-14-22(15-13-21)24-16-4-7-18-5-2-1-3-6-18/h8,12-15,18,20H,1-7,9-11,16H2. The van der Waals surface area contributed by atoms with E-state index in [0.29, 0.717) is 5.92 Å². The summed E-state index contributed by atoms with van der Waals surface area (Å²) in [4.78, 5) is 0. The van der Waals surface area contributed by atoms with E-state index in [4.69, 9.17) is 10.00 Å². The van der Waals surface area contributed by atoms with Crippen molar-refractivity contribution >= 4 is 0 Å². The highest BCUT2D eigenvalue weighted by Gasteiger charge is 2.16. The molecule has 1 atom stereocenters. The highest BCUT2D eigenvalue weighted by Crippen LogP contribution is 2.32. The van der Waals surface area contributed by atoms with E-state index >= 15 is 0 Å². The molecule has 0 aromatic heterocycles. The van der Waals surface area contributed by atoms with E-state index in [-0.39, 0.29) is 0 Å². The molecule has 0 bridgehead atoms. The fourth-order valence-corrected chi connectivity index (χ4v) is 4.11. The average Bonchev–Trinajstić information content (AvgIpc) is 2.67. The molecule has 0 spiro atoms. The summed E-state index contributed by atoms with van der Waals surface area (Å²) in [6.45, 7) is 0.841. The summed E-state index contributed by atoms with van der Waals surface area (Å²) in [6.07, 6.45) is 14.8. The molecule has 3 rings (SSSR count). The zero-order valence-electron chi connectivity index (χ0n) is 14.7. The lowest BCUT2D eigenvalue weighted by Crippen LogP contribution is -2.08. The SMILES string of the molecule is N#CC1=CCC(c2ccc(OCCCC3CCCCC3)cc2)CC1. The summed E-state index contributed by atoms with van der Waals surface area (Å²) < 4.78 is 5.92. The lowest BCUT2D eigenvalue weighted by molar-refractivity contribution is 0.269. The van der Waals surface area contributed by atoms with Crippen molar-refractivity contribution in [3.63, 3.8) is 0 Å². The fourth-order valence-electron chi connectivity index (χ4n) is 4.11. The number of ether oxygens (including phenoxy) is 1. The normalized spacial score (nSPS) is 21.8. The summed E-state index contributed by atoms with van der Waals surface area (Å²) in [5.74, 6) is 2.50. The second-order valence-electron chi connectivity index (χ2n) is 7.38. The van der Waals surface area contributed by atoms with Crippen LogP contribution in [-0.4, -0.2) is 6.61 Å². The predicted molar refractivity (Wildman–Crippen MR) is 98.0 cm³/mol. The predicted octanol–water partition coefficient (Wildman–Crippen LogP) is 6.14. The highest BCUT2D eigenvalue weighted by atomic mass is 16.5. The third-order valence-corrected chi connectivity index (χ3v) is 5.66. The van der Waals surface area contributed by atoms with Crippen LogP contribution in [0.25, 0.3) is 0 Å². The number of allylic oxidation sites excluding steroid dienone is 2. The Bertz CT molecular complexity index is 575. The van der Waals surface area contributed by atoms with E-state index < -0.39 is 0 Å². The molecule has 1 aromatic carbocycles. The third-order valence-electron chi connectivity index (χ3n) is 5.66. The minimum Gasteiger partial charge on any atom is -0.494 e. The van der Waals surface area contributed by atoms with Crippen LogP contribution < -0.4 is 4.74 Å². The quantitative estimate of drug-likeness (QED) is 0.589. The van der Waals surface area contributed by atoms with Crippen LogP contribution in [0.5, 0.6) is 5.75 Å². The molecule has 2 nitrogen and oxygen atoms in total. The Balaban J connectivity index is 1.40. The van der Waals surface area contributed by atoms with Gasteiger partial charge >= 0.3 is 0 Å². The molecule has 0 aliphatic heterocycles. The van der Waals surface area contributed by atoms with Gasteiger partial charge in [-0.3, -0.25) is 0 Å². The number of rotatable bonds is 6. The van der Waals surface area contributed by atoms with Crippen LogP contribution in [0.4, 0.5) is 0 Å². The van der Waals surface area contributed by atoms with E-state index in [1.54, 1.807) is 0 Å². The van der Waals surface area contributed by atoms with E-state index in [0.717, 1.165) is 43.1 Å². The first-order valence-corrected chi connectivity index (χ1v) is 9.67. The van der Waals surface area contributed by atoms with E-state index in [9.17, 15) is 0 Å². The Morgan fingerprint density at radius 2 is 1.83 bits per heavy atom. The molecule has 0 heterocycles. The van der Waals surface area contributed by atoms with Crippen molar-refractivity contribution < 1.29 is 4.74 Å². The van der Waals surface area contributed by atoms with Crippen LogP contribution in [0.15, 0.2) is 35.9 Å². The monoisotopic (exact) mass is 323 g/mol. The summed E-state index contributed by atoms with van der Waals surface area (Å²) in [5.41, 5.74) is 2.32. The van der Waals surface area contributed by atoms with Crippen LogP contribution >= 0.6 is 0 Å². The molecule has 2 aliphatic rings. The van der Waals surface area contributed by atoms with Crippen molar-refractivity contribution in [1.29, 1.82) is 5.26 Å². The third kappa shape index (κ3) is 4.87. The maximum Gasteiger partial charge on any atom is 0.119 e. The first kappa shape index (κ1) is 17.1. The largest absolute Gasteiger partial charge is 0.494 e. The molecular weight excluding hydrogens is 294 g/mol. The Kier molecular flexibility index (Phi) is 6.35. The average molecular weight is 323 g/mol. The summed E-state index contributed by atoms with van der Waals surface area (Å²) in [7, 11) is 0. The van der Waals surface area contributed by atoms with Crippen LogP contribution in [-0.2, 0) is 0 Å². The second kappa shape index (κ2) is 8.92. The maximum absolute atomic E-state index is 8.94. The van der Waals surface area contributed by atoms with Gasteiger partial charge in [0.1, 0.15) is 5.75 Å². The molecular formula is C22H29NO. The van der Waals surface area contributed by atoms with Crippen molar-refractivity contribution in [2.45, 2.75) is 70.1 Å². The highest BCUT2D eigenvalue weighted by molar-refractivity contribution is 5.32. The lowest BCUT2D eigenvalue weighted by Gasteiger charge is -2.21. The van der Waals surface area contributed by atoms with Gasteiger partial charge in [0.15, 0.2) is 0 Å². The molecule has 1 saturated carbocycles. The van der Waals surface area contributed by atoms with Crippen molar-refractivity contribution in [3.8, 4) is 11.8 Å². The summed E-state index contributed by atoms with van der Waals surface area (Å²) in [5, 5.41) is 8.94. The van der Waals surface area contributed by atoms with Gasteiger partial charge in [0.2, 0.25) is 0 Å². The van der Waals surface area contributed by atoms with Gasteiger partial charge in [0.05, 0.1) is 12.7 Å². The van der Waals surface area contributed by atoms with Gasteiger partial charge < -0.3 is 4.74 Å². The van der Waals surface area contributed by atoms with Crippen LogP contribution in [0.1, 0.15) is 75.7 Å². The molecule has 2 heteroatoms. The van der Waals surface area contributed by atoms with Crippen molar-refractivity contribution in [2.75, 3.05) is 6.61 Å². The van der Waals surface area contributed by atoms with Gasteiger partial charge in [-0.05, 0) is 61.6 Å². The Morgan fingerprint density at radius 1 is 1.04 bits per heavy atom. The van der Waals surface area contributed by atoms with Crippen LogP contribution in [0.3, 0.4) is 0 Å². The van der Waals surface area contributed by atoms with Crippen LogP contribution in [0, 0.1) is 17.2 Å². The van der Waals surface area contributed by atoms with Gasteiger partial charge in [-0.25, -0.2) is 0 Å². The Hall–Kier alpha value is -1.75. The topological polar surface area (TPSA) is 33.0 Å². The molecule has 0 saturated heterocycles. The van der Waals surface area contributed by atoms with Crippen molar-refractivity contribution in [3.05, 3.63) is 41.5 Å². The Morgan fingerprint density at radius 3 is 2.50 bits per heavy atom. The first-order chi connectivity index (χ1) is 11.8. The number of hydrogen-bond acceptors (Lipinski definition) is 2. The Labute approximate surface area is 146 Å². The lowest BCUT2D eigenvalue weighted by atomic mass is 9.85. The molecule has 128 valence electrons. The van der Waals surface area contributed by atoms with E-state index in [2.05, 4.69) is 36.4 Å². The van der Waals surface area contributed by atoms with Crippen molar-refractivity contribution in [2.24, 2.45) is 5.92 Å². The molecule has 1 unspecified atom stereocenters. The van der Waals surface area contributed by atoms with Gasteiger partial charge in [-0.1, -0.05) is 50.3 Å². The van der Waals surface area contributed by atoms with Crippen LogP contribution in [0.2, 0.25) is 0 Å². The molecule has 0 N–H and O–H groups in total. The second-order valence-corrected chi connectivity index (χ2v) is 7.38. The number of nitriles is 1. The van der Waals surface area contributed by atoms with Gasteiger partial charge in [-0.2, -0.15) is 5.26 Å². The number of nitrogens with zero attached hydrogens (tertiary/aromatic N) is 1. The molecule has 1 fully saturated rings. The molecule has 24 heavy (non-hydrogen) atoms. The molecule has 2 aliphatic carbocycles. The smallest absolute Gasteiger partial charge is 0.119 e. The summed E-state index contributed by atoms with van der Waals surface area (Å²) in [6, 6.07) is 10.9. The van der Waals surface area contributed by atoms with E-state index in [1.165, 1.54) is 50.5 Å². The zero-order valence-corrected chi connectivity index (χ0v) is 14.7. The first-order valence-electron chi connectivity index (χ1n) is 9.67. The minimum absolute atomic E-state index is 0.558. The van der Waals surface area contributed by atoms with E-state index in [1.807, 2.05) is 0 Å². The minimum atomic E-state index is 0.558. The molecule has 0 amide bonds. The van der Waals surface area contributed by atoms with Gasteiger partial charge in [-0.15, -0.1) is 0 Å². The maximum atomic E-state index is 8.94. The van der Waals surface area contributed by atoms with Crippen molar-refractivity contribution in [1.82, 2.24) is 0 Å². The molecule has 1 aromatic rings.